The Labute approximate surface area is 84.6 Å². The van der Waals surface area contributed by atoms with Crippen molar-refractivity contribution in [3.05, 3.63) is 35.9 Å². The molecule has 14 heavy (non-hydrogen) atoms. The highest BCUT2D eigenvalue weighted by Crippen LogP contribution is 2.34. The Kier molecular flexibility index (Phi) is 3.42. The van der Waals surface area contributed by atoms with Crippen molar-refractivity contribution in [2.75, 3.05) is 0 Å². The summed E-state index contributed by atoms with van der Waals surface area (Å²) in [5.74, 6) is 0.0985. The molecule has 1 saturated carbocycles. The van der Waals surface area contributed by atoms with Crippen LogP contribution in [0.3, 0.4) is 0 Å². The number of ketones is 1. The van der Waals surface area contributed by atoms with Crippen LogP contribution in [0.5, 0.6) is 0 Å². The van der Waals surface area contributed by atoms with E-state index in [-0.39, 0.29) is 19.1 Å². The Morgan fingerprint density at radius 3 is 2.36 bits per heavy atom. The van der Waals surface area contributed by atoms with E-state index in [0.717, 1.165) is 12.8 Å². The summed E-state index contributed by atoms with van der Waals surface area (Å²) in [7, 11) is 0. The molecule has 1 aromatic carbocycles. The molecule has 0 saturated heterocycles. The predicted octanol–water partition coefficient (Wildman–Crippen LogP) is 2.34. The fourth-order valence-electron chi connectivity index (χ4n) is 1.39. The molecular weight excluding hydrogens is 176 g/mol. The van der Waals surface area contributed by atoms with E-state index in [1.54, 1.807) is 12.1 Å². The second kappa shape index (κ2) is 4.38. The Morgan fingerprint density at radius 2 is 1.86 bits per heavy atom. The van der Waals surface area contributed by atoms with E-state index in [4.69, 9.17) is 0 Å². The number of aliphatic hydroxyl groups excluding tert-OH is 1. The molecule has 0 radical (unpaired) electrons. The summed E-state index contributed by atoms with van der Waals surface area (Å²) in [5, 5.41) is 9.65. The van der Waals surface area contributed by atoms with Crippen molar-refractivity contribution in [1.82, 2.24) is 0 Å². The third-order valence-electron chi connectivity index (χ3n) is 2.36. The van der Waals surface area contributed by atoms with E-state index in [0.29, 0.717) is 5.56 Å². The molecule has 1 aliphatic carbocycles. The van der Waals surface area contributed by atoms with E-state index >= 15 is 0 Å². The molecule has 0 aliphatic heterocycles. The third-order valence-corrected chi connectivity index (χ3v) is 2.36. The van der Waals surface area contributed by atoms with Crippen molar-refractivity contribution < 1.29 is 9.90 Å². The van der Waals surface area contributed by atoms with Gasteiger partial charge >= 0.3 is 0 Å². The van der Waals surface area contributed by atoms with Crippen molar-refractivity contribution in [1.29, 1.82) is 0 Å². The van der Waals surface area contributed by atoms with Crippen molar-refractivity contribution in [2.24, 2.45) is 5.92 Å². The minimum absolute atomic E-state index is 0. The fraction of sp³-hybridized carbons (Fsp3) is 0.417. The van der Waals surface area contributed by atoms with Gasteiger partial charge in [-0.25, -0.2) is 0 Å². The average Bonchev–Trinajstić information content (AvgIpc) is 3.00. The third kappa shape index (κ3) is 2.20. The first kappa shape index (κ1) is 10.9. The lowest BCUT2D eigenvalue weighted by Gasteiger charge is -2.08. The van der Waals surface area contributed by atoms with Gasteiger partial charge in [-0.05, 0) is 18.4 Å². The van der Waals surface area contributed by atoms with Gasteiger partial charge < -0.3 is 5.11 Å². The molecule has 1 atom stereocenters. The number of carbonyl (C=O) groups excluding carboxylic acids is 1. The Morgan fingerprint density at radius 1 is 1.29 bits per heavy atom. The van der Waals surface area contributed by atoms with Gasteiger partial charge in [0, 0.05) is 5.92 Å². The molecule has 1 N–H and O–H groups in total. The number of hydrogen-bond donors (Lipinski definition) is 1. The highest BCUT2D eigenvalue weighted by Gasteiger charge is 2.34. The van der Waals surface area contributed by atoms with Crippen LogP contribution in [0.25, 0.3) is 0 Å². The first-order valence-electron chi connectivity index (χ1n) is 4.56. The van der Waals surface area contributed by atoms with E-state index < -0.39 is 6.10 Å². The zero-order valence-corrected chi connectivity index (χ0v) is 7.31. The molecule has 0 bridgehead atoms. The number of benzene rings is 1. The van der Waals surface area contributed by atoms with Gasteiger partial charge in [-0.15, -0.1) is 0 Å². The first-order chi connectivity index (χ1) is 6.29. The van der Waals surface area contributed by atoms with Crippen molar-refractivity contribution >= 4 is 5.78 Å². The minimum Gasteiger partial charge on any atom is -0.381 e. The number of Topliss-reactive ketones (excluding diaryl/α,β-unsaturated/α-hetero) is 1. The number of carbonyl (C=O) groups is 1. The van der Waals surface area contributed by atoms with Gasteiger partial charge in [0.05, 0.1) is 0 Å². The molecule has 1 aliphatic rings. The summed E-state index contributed by atoms with van der Waals surface area (Å²) in [6, 6.07) is 9.10. The summed E-state index contributed by atoms with van der Waals surface area (Å²) in [6.45, 7) is 0. The molecule has 2 nitrogen and oxygen atoms in total. The lowest BCUT2D eigenvalue weighted by molar-refractivity contribution is -0.128. The second-order valence-electron chi connectivity index (χ2n) is 3.49. The van der Waals surface area contributed by atoms with Gasteiger partial charge in [0.1, 0.15) is 6.10 Å². The Hall–Kier alpha value is -1.15. The highest BCUT2D eigenvalue weighted by molar-refractivity contribution is 5.88. The largest absolute Gasteiger partial charge is 0.381 e. The molecule has 0 spiro atoms. The van der Waals surface area contributed by atoms with Crippen molar-refractivity contribution in [3.63, 3.8) is 0 Å². The maximum atomic E-state index is 11.5. The highest BCUT2D eigenvalue weighted by atomic mass is 16.3. The molecule has 0 amide bonds. The van der Waals surface area contributed by atoms with E-state index in [9.17, 15) is 9.90 Å². The monoisotopic (exact) mass is 192 g/mol. The van der Waals surface area contributed by atoms with Crippen LogP contribution < -0.4 is 0 Å². The maximum Gasteiger partial charge on any atom is 0.168 e. The second-order valence-corrected chi connectivity index (χ2v) is 3.49. The molecule has 0 heterocycles. The lowest BCUT2D eigenvalue weighted by atomic mass is 10.0. The smallest absolute Gasteiger partial charge is 0.168 e. The fourth-order valence-corrected chi connectivity index (χ4v) is 1.39. The average molecular weight is 192 g/mol. The summed E-state index contributed by atoms with van der Waals surface area (Å²) in [4.78, 5) is 11.5. The van der Waals surface area contributed by atoms with Crippen LogP contribution in [0.15, 0.2) is 30.3 Å². The first-order valence-corrected chi connectivity index (χ1v) is 4.56. The standard InChI is InChI=1S/C11H12O2.CH4/c12-10(11(13)9-6-7-9)8-4-2-1-3-5-8;/h1-5,9-10,12H,6-7H2;1H4. The molecule has 1 unspecified atom stereocenters. The zero-order valence-electron chi connectivity index (χ0n) is 7.31. The Bertz CT molecular complexity index is 301. The summed E-state index contributed by atoms with van der Waals surface area (Å²) in [5.41, 5.74) is 0.708. The van der Waals surface area contributed by atoms with E-state index in [1.165, 1.54) is 0 Å². The van der Waals surface area contributed by atoms with Crippen LogP contribution in [0.2, 0.25) is 0 Å². The molecular formula is C12H16O2. The molecule has 1 fully saturated rings. The van der Waals surface area contributed by atoms with Crippen LogP contribution in [-0.4, -0.2) is 10.9 Å². The van der Waals surface area contributed by atoms with Crippen LogP contribution in [0.4, 0.5) is 0 Å². The van der Waals surface area contributed by atoms with Gasteiger partial charge in [0.15, 0.2) is 5.78 Å². The van der Waals surface area contributed by atoms with E-state index in [1.807, 2.05) is 18.2 Å². The van der Waals surface area contributed by atoms with Gasteiger partial charge in [-0.2, -0.15) is 0 Å². The topological polar surface area (TPSA) is 37.3 Å². The van der Waals surface area contributed by atoms with Crippen LogP contribution in [0.1, 0.15) is 31.9 Å². The van der Waals surface area contributed by atoms with Gasteiger partial charge in [0.25, 0.3) is 0 Å². The molecule has 2 rings (SSSR count). The minimum atomic E-state index is -0.909. The number of hydrogen-bond acceptors (Lipinski definition) is 2. The summed E-state index contributed by atoms with van der Waals surface area (Å²) in [6.07, 6.45) is 0.986. The zero-order chi connectivity index (χ0) is 9.26. The number of aliphatic hydroxyl groups is 1. The Balaban J connectivity index is 0.000000980. The van der Waals surface area contributed by atoms with Gasteiger partial charge in [-0.3, -0.25) is 4.79 Å². The van der Waals surface area contributed by atoms with Crippen LogP contribution in [-0.2, 0) is 4.79 Å². The molecule has 76 valence electrons. The van der Waals surface area contributed by atoms with Crippen LogP contribution >= 0.6 is 0 Å². The maximum absolute atomic E-state index is 11.5. The SMILES string of the molecule is C.O=C(C1CC1)C(O)c1ccccc1. The van der Waals surface area contributed by atoms with Crippen molar-refractivity contribution in [2.45, 2.75) is 26.4 Å². The summed E-state index contributed by atoms with van der Waals surface area (Å²) < 4.78 is 0. The summed E-state index contributed by atoms with van der Waals surface area (Å²) >= 11 is 0. The normalized spacial score (nSPS) is 16.9. The quantitative estimate of drug-likeness (QED) is 0.798. The van der Waals surface area contributed by atoms with Crippen LogP contribution in [0, 0.1) is 5.92 Å². The predicted molar refractivity (Wildman–Crippen MR) is 55.9 cm³/mol. The van der Waals surface area contributed by atoms with Crippen molar-refractivity contribution in [3.8, 4) is 0 Å². The van der Waals surface area contributed by atoms with Gasteiger partial charge in [-0.1, -0.05) is 37.8 Å². The molecule has 0 aromatic heterocycles. The molecule has 2 heteroatoms. The molecule has 1 aromatic rings. The van der Waals surface area contributed by atoms with Gasteiger partial charge in [0.2, 0.25) is 0 Å². The lowest BCUT2D eigenvalue weighted by Crippen LogP contribution is -2.13. The number of rotatable bonds is 3. The van der Waals surface area contributed by atoms with E-state index in [2.05, 4.69) is 0 Å².